The Morgan fingerprint density at radius 3 is 2.45 bits per heavy atom. The molecule has 0 amide bonds. The number of rotatable bonds is 3. The Bertz CT molecular complexity index is 186. The highest BCUT2D eigenvalue weighted by molar-refractivity contribution is 6.64. The maximum absolute atomic E-state index is 10.4. The van der Waals surface area contributed by atoms with Gasteiger partial charge in [-0.05, 0) is 17.7 Å². The van der Waals surface area contributed by atoms with Crippen molar-refractivity contribution in [2.45, 2.75) is 13.8 Å². The lowest BCUT2D eigenvalue weighted by atomic mass is 10.2. The summed E-state index contributed by atoms with van der Waals surface area (Å²) in [5.41, 5.74) is 0. The van der Waals surface area contributed by atoms with Gasteiger partial charge in [0, 0.05) is 6.92 Å². The number of carbonyl (C=O) groups excluding carboxylic acids is 2. The Labute approximate surface area is 70.0 Å². The first-order chi connectivity index (χ1) is 5.04. The molecule has 11 heavy (non-hydrogen) atoms. The second-order valence-electron chi connectivity index (χ2n) is 2.03. The largest absolute Gasteiger partial charge is 0.435 e. The third-order valence-corrected chi connectivity index (χ3v) is 1.30. The van der Waals surface area contributed by atoms with Crippen LogP contribution in [0.4, 0.5) is 0 Å². The standard InChI is InChI=1S/C7H9ClO3/c1-5(7(8)10)3-4-11-6(2)9/h3-5H,1-2H3. The van der Waals surface area contributed by atoms with Crippen LogP contribution in [0.2, 0.25) is 0 Å². The van der Waals surface area contributed by atoms with E-state index in [9.17, 15) is 9.59 Å². The maximum Gasteiger partial charge on any atom is 0.307 e. The minimum atomic E-state index is -0.478. The van der Waals surface area contributed by atoms with E-state index in [0.717, 1.165) is 6.26 Å². The second kappa shape index (κ2) is 4.91. The number of ether oxygens (including phenoxy) is 1. The van der Waals surface area contributed by atoms with Crippen LogP contribution in [0.1, 0.15) is 13.8 Å². The maximum atomic E-state index is 10.4. The molecule has 0 rings (SSSR count). The van der Waals surface area contributed by atoms with E-state index >= 15 is 0 Å². The Kier molecular flexibility index (Phi) is 4.54. The molecule has 1 unspecified atom stereocenters. The van der Waals surface area contributed by atoms with E-state index in [2.05, 4.69) is 4.74 Å². The lowest BCUT2D eigenvalue weighted by Gasteiger charge is -1.96. The van der Waals surface area contributed by atoms with Gasteiger partial charge in [0.2, 0.25) is 5.24 Å². The molecule has 0 N–H and O–H groups in total. The molecule has 1 atom stereocenters. The van der Waals surface area contributed by atoms with Crippen LogP contribution >= 0.6 is 11.6 Å². The molecule has 62 valence electrons. The van der Waals surface area contributed by atoms with E-state index < -0.39 is 17.1 Å². The van der Waals surface area contributed by atoms with E-state index in [-0.39, 0.29) is 0 Å². The van der Waals surface area contributed by atoms with E-state index in [1.54, 1.807) is 6.92 Å². The number of carbonyl (C=O) groups is 2. The fourth-order valence-electron chi connectivity index (χ4n) is 0.329. The number of esters is 1. The minimum Gasteiger partial charge on any atom is -0.435 e. The topological polar surface area (TPSA) is 43.4 Å². The SMILES string of the molecule is CC(=O)OC=CC(C)C(=O)Cl. The Morgan fingerprint density at radius 2 is 2.09 bits per heavy atom. The summed E-state index contributed by atoms with van der Waals surface area (Å²) in [4.78, 5) is 20.6. The van der Waals surface area contributed by atoms with E-state index in [4.69, 9.17) is 11.6 Å². The Hall–Kier alpha value is -0.830. The normalized spacial score (nSPS) is 13.0. The first kappa shape index (κ1) is 10.2. The summed E-state index contributed by atoms with van der Waals surface area (Å²) in [5.74, 6) is -0.841. The average Bonchev–Trinajstić information content (AvgIpc) is 1.86. The molecular weight excluding hydrogens is 168 g/mol. The first-order valence-corrected chi connectivity index (χ1v) is 3.45. The van der Waals surface area contributed by atoms with Crippen molar-refractivity contribution in [2.75, 3.05) is 0 Å². The molecule has 0 radical (unpaired) electrons. The molecule has 0 heterocycles. The van der Waals surface area contributed by atoms with Gasteiger partial charge in [-0.3, -0.25) is 9.59 Å². The number of allylic oxidation sites excluding steroid dienone is 1. The fourth-order valence-corrected chi connectivity index (χ4v) is 0.401. The summed E-state index contributed by atoms with van der Waals surface area (Å²) in [7, 11) is 0. The lowest BCUT2D eigenvalue weighted by molar-refractivity contribution is -0.135. The van der Waals surface area contributed by atoms with Gasteiger partial charge in [0.25, 0.3) is 0 Å². The van der Waals surface area contributed by atoms with Gasteiger partial charge in [0.1, 0.15) is 0 Å². The fraction of sp³-hybridized carbons (Fsp3) is 0.429. The van der Waals surface area contributed by atoms with Crippen molar-refractivity contribution in [3.05, 3.63) is 12.3 Å². The van der Waals surface area contributed by atoms with Crippen molar-refractivity contribution in [1.82, 2.24) is 0 Å². The molecule has 0 bridgehead atoms. The highest BCUT2D eigenvalue weighted by Gasteiger charge is 2.04. The molecule has 0 aromatic carbocycles. The first-order valence-electron chi connectivity index (χ1n) is 3.07. The van der Waals surface area contributed by atoms with Gasteiger partial charge in [0.05, 0.1) is 12.2 Å². The van der Waals surface area contributed by atoms with Crippen LogP contribution in [0.15, 0.2) is 12.3 Å². The van der Waals surface area contributed by atoms with Crippen LogP contribution in [0.3, 0.4) is 0 Å². The van der Waals surface area contributed by atoms with Gasteiger partial charge in [-0.1, -0.05) is 6.92 Å². The molecule has 3 nitrogen and oxygen atoms in total. The van der Waals surface area contributed by atoms with Crippen LogP contribution in [0.25, 0.3) is 0 Å². The number of hydrogen-bond acceptors (Lipinski definition) is 3. The van der Waals surface area contributed by atoms with Gasteiger partial charge >= 0.3 is 5.97 Å². The van der Waals surface area contributed by atoms with Crippen molar-refractivity contribution < 1.29 is 14.3 Å². The summed E-state index contributed by atoms with van der Waals surface area (Å²) in [6, 6.07) is 0. The van der Waals surface area contributed by atoms with Gasteiger partial charge in [-0.25, -0.2) is 0 Å². The van der Waals surface area contributed by atoms with Crippen LogP contribution in [-0.2, 0) is 14.3 Å². The average molecular weight is 177 g/mol. The van der Waals surface area contributed by atoms with Crippen molar-refractivity contribution in [3.8, 4) is 0 Å². The third-order valence-electron chi connectivity index (χ3n) is 0.959. The van der Waals surface area contributed by atoms with Gasteiger partial charge < -0.3 is 4.74 Å². The van der Waals surface area contributed by atoms with Crippen molar-refractivity contribution in [1.29, 1.82) is 0 Å². The molecule has 0 aromatic rings. The monoisotopic (exact) mass is 176 g/mol. The Balaban J connectivity index is 3.74. The summed E-state index contributed by atoms with van der Waals surface area (Å²) >= 11 is 5.11. The minimum absolute atomic E-state index is 0.420. The van der Waals surface area contributed by atoms with Crippen LogP contribution in [0.5, 0.6) is 0 Å². The molecule has 0 spiro atoms. The molecule has 0 aliphatic rings. The van der Waals surface area contributed by atoms with Crippen LogP contribution in [-0.4, -0.2) is 11.2 Å². The molecular formula is C7H9ClO3. The zero-order valence-electron chi connectivity index (χ0n) is 6.33. The molecule has 0 saturated heterocycles. The Morgan fingerprint density at radius 1 is 1.55 bits per heavy atom. The second-order valence-corrected chi connectivity index (χ2v) is 2.40. The quantitative estimate of drug-likeness (QED) is 0.372. The molecule has 4 heteroatoms. The predicted molar refractivity (Wildman–Crippen MR) is 40.9 cm³/mol. The predicted octanol–water partition coefficient (Wildman–Crippen LogP) is 1.46. The number of halogens is 1. The van der Waals surface area contributed by atoms with Crippen LogP contribution in [0, 0.1) is 5.92 Å². The molecule has 0 saturated carbocycles. The summed E-state index contributed by atoms with van der Waals surface area (Å²) in [6.45, 7) is 2.88. The molecule has 0 aliphatic heterocycles. The third kappa shape index (κ3) is 5.61. The molecule has 0 fully saturated rings. The zero-order chi connectivity index (χ0) is 8.85. The summed E-state index contributed by atoms with van der Waals surface area (Å²) < 4.78 is 4.43. The molecule has 0 aliphatic carbocycles. The van der Waals surface area contributed by atoms with Gasteiger partial charge in [0.15, 0.2) is 0 Å². The van der Waals surface area contributed by atoms with E-state index in [1.165, 1.54) is 13.0 Å². The smallest absolute Gasteiger partial charge is 0.307 e. The number of hydrogen-bond donors (Lipinski definition) is 0. The van der Waals surface area contributed by atoms with Gasteiger partial charge in [-0.2, -0.15) is 0 Å². The molecule has 0 aromatic heterocycles. The lowest BCUT2D eigenvalue weighted by Crippen LogP contribution is -1.99. The van der Waals surface area contributed by atoms with E-state index in [1.807, 2.05) is 0 Å². The van der Waals surface area contributed by atoms with Crippen molar-refractivity contribution >= 4 is 22.8 Å². The van der Waals surface area contributed by atoms with Crippen molar-refractivity contribution in [2.24, 2.45) is 5.92 Å². The van der Waals surface area contributed by atoms with Crippen LogP contribution < -0.4 is 0 Å². The highest BCUT2D eigenvalue weighted by Crippen LogP contribution is 2.01. The van der Waals surface area contributed by atoms with Crippen molar-refractivity contribution in [3.63, 3.8) is 0 Å². The van der Waals surface area contributed by atoms with Gasteiger partial charge in [-0.15, -0.1) is 0 Å². The zero-order valence-corrected chi connectivity index (χ0v) is 7.09. The van der Waals surface area contributed by atoms with E-state index in [0.29, 0.717) is 0 Å². The summed E-state index contributed by atoms with van der Waals surface area (Å²) in [6.07, 6.45) is 2.57. The highest BCUT2D eigenvalue weighted by atomic mass is 35.5. The summed E-state index contributed by atoms with van der Waals surface area (Å²) in [5, 5.41) is -0.478.